The lowest BCUT2D eigenvalue weighted by atomic mass is 10.1. The molecule has 10 heavy (non-hydrogen) atoms. The van der Waals surface area contributed by atoms with Gasteiger partial charge in [0, 0.05) is 12.3 Å². The van der Waals surface area contributed by atoms with E-state index >= 15 is 0 Å². The third-order valence-corrected chi connectivity index (χ3v) is 1.46. The molecule has 0 aromatic rings. The minimum absolute atomic E-state index is 0.571. The molecule has 57 valence electrons. The monoisotopic (exact) mass is 137 g/mol. The van der Waals surface area contributed by atoms with E-state index in [1.54, 1.807) is 0 Å². The summed E-state index contributed by atoms with van der Waals surface area (Å²) in [6.45, 7) is 8.05. The first-order chi connectivity index (χ1) is 4.81. The molecule has 0 spiro atoms. The zero-order valence-corrected chi connectivity index (χ0v) is 7.11. The Hall–Kier alpha value is -0.440. The number of unbranched alkanes of at least 4 members (excludes halogenated alkanes) is 1. The van der Waals surface area contributed by atoms with Crippen molar-refractivity contribution in [2.75, 3.05) is 0 Å². The highest BCUT2D eigenvalue weighted by atomic mass is 14.0. The standard InChI is InChI=1S/C10H17/c1-4-6-8-10(3)9-7-5-2/h10H,1,4-5,7,9H2,2-3H3. The summed E-state index contributed by atoms with van der Waals surface area (Å²) in [5.74, 6) is 6.72. The van der Waals surface area contributed by atoms with Gasteiger partial charge in [-0.1, -0.05) is 26.7 Å². The molecule has 1 radical (unpaired) electrons. The van der Waals surface area contributed by atoms with Crippen LogP contribution in [0.5, 0.6) is 0 Å². The Labute approximate surface area is 65.0 Å². The normalized spacial score (nSPS) is 11.9. The minimum atomic E-state index is 0.571. The van der Waals surface area contributed by atoms with Crippen LogP contribution in [-0.2, 0) is 0 Å². The molecule has 0 amide bonds. The smallest absolute Gasteiger partial charge is 0.0174 e. The maximum absolute atomic E-state index is 3.66. The van der Waals surface area contributed by atoms with Crippen molar-refractivity contribution >= 4 is 0 Å². The van der Waals surface area contributed by atoms with Crippen molar-refractivity contribution in [2.45, 2.75) is 39.5 Å². The van der Waals surface area contributed by atoms with Gasteiger partial charge < -0.3 is 0 Å². The van der Waals surface area contributed by atoms with Gasteiger partial charge in [0.15, 0.2) is 0 Å². The summed E-state index contributed by atoms with van der Waals surface area (Å²) in [4.78, 5) is 0. The Morgan fingerprint density at radius 3 is 2.70 bits per heavy atom. The van der Waals surface area contributed by atoms with Crippen molar-refractivity contribution in [1.29, 1.82) is 0 Å². The average Bonchev–Trinajstić information content (AvgIpc) is 1.97. The number of hydrogen-bond donors (Lipinski definition) is 0. The van der Waals surface area contributed by atoms with Crippen LogP contribution in [0.3, 0.4) is 0 Å². The van der Waals surface area contributed by atoms with Crippen molar-refractivity contribution in [3.8, 4) is 11.8 Å². The molecule has 0 aromatic heterocycles. The molecule has 0 heteroatoms. The van der Waals surface area contributed by atoms with Gasteiger partial charge in [-0.25, -0.2) is 0 Å². The van der Waals surface area contributed by atoms with Gasteiger partial charge in [0.2, 0.25) is 0 Å². The minimum Gasteiger partial charge on any atom is -0.103 e. The van der Waals surface area contributed by atoms with Crippen LogP contribution in [0.2, 0.25) is 0 Å². The van der Waals surface area contributed by atoms with Gasteiger partial charge in [-0.3, -0.25) is 0 Å². The summed E-state index contributed by atoms with van der Waals surface area (Å²) in [5.41, 5.74) is 0. The Morgan fingerprint density at radius 2 is 2.20 bits per heavy atom. The van der Waals surface area contributed by atoms with Crippen LogP contribution >= 0.6 is 0 Å². The molecule has 0 saturated carbocycles. The molecular formula is C10H17. The van der Waals surface area contributed by atoms with Crippen LogP contribution in [0.15, 0.2) is 0 Å². The highest BCUT2D eigenvalue weighted by Crippen LogP contribution is 2.05. The third kappa shape index (κ3) is 5.69. The molecular weight excluding hydrogens is 120 g/mol. The van der Waals surface area contributed by atoms with E-state index in [9.17, 15) is 0 Å². The SMILES string of the molecule is [CH2]CC#CC(C)CCCC. The van der Waals surface area contributed by atoms with Gasteiger partial charge in [0.05, 0.1) is 0 Å². The maximum atomic E-state index is 3.66. The second-order valence-electron chi connectivity index (χ2n) is 2.61. The second-order valence-corrected chi connectivity index (χ2v) is 2.61. The van der Waals surface area contributed by atoms with E-state index in [0.29, 0.717) is 5.92 Å². The molecule has 0 aliphatic rings. The van der Waals surface area contributed by atoms with E-state index < -0.39 is 0 Å². The van der Waals surface area contributed by atoms with E-state index in [2.05, 4.69) is 32.6 Å². The van der Waals surface area contributed by atoms with Crippen molar-refractivity contribution in [3.63, 3.8) is 0 Å². The van der Waals surface area contributed by atoms with Crippen LogP contribution in [-0.4, -0.2) is 0 Å². The van der Waals surface area contributed by atoms with Gasteiger partial charge in [0.25, 0.3) is 0 Å². The summed E-state index contributed by atoms with van der Waals surface area (Å²) >= 11 is 0. The molecule has 0 bridgehead atoms. The Morgan fingerprint density at radius 1 is 1.50 bits per heavy atom. The van der Waals surface area contributed by atoms with E-state index in [1.807, 2.05) is 0 Å². The molecule has 0 rings (SSSR count). The molecule has 1 atom stereocenters. The first-order valence-electron chi connectivity index (χ1n) is 4.08. The molecule has 1 unspecified atom stereocenters. The van der Waals surface area contributed by atoms with Crippen LogP contribution in [0.4, 0.5) is 0 Å². The first kappa shape index (κ1) is 9.56. The van der Waals surface area contributed by atoms with E-state index in [0.717, 1.165) is 6.42 Å². The molecule has 0 aliphatic carbocycles. The largest absolute Gasteiger partial charge is 0.103 e. The lowest BCUT2D eigenvalue weighted by molar-refractivity contribution is 0.613. The first-order valence-corrected chi connectivity index (χ1v) is 4.08. The van der Waals surface area contributed by atoms with Crippen LogP contribution < -0.4 is 0 Å². The fourth-order valence-corrected chi connectivity index (χ4v) is 0.829. The Balaban J connectivity index is 3.33. The van der Waals surface area contributed by atoms with E-state index in [-0.39, 0.29) is 0 Å². The Kier molecular flexibility index (Phi) is 6.38. The summed E-state index contributed by atoms with van der Waals surface area (Å²) in [7, 11) is 0. The maximum Gasteiger partial charge on any atom is 0.0174 e. The highest BCUT2D eigenvalue weighted by molar-refractivity contribution is 5.02. The third-order valence-electron chi connectivity index (χ3n) is 1.46. The molecule has 0 heterocycles. The zero-order valence-electron chi connectivity index (χ0n) is 7.11. The Bertz CT molecular complexity index is 114. The summed E-state index contributed by atoms with van der Waals surface area (Å²) < 4.78 is 0. The van der Waals surface area contributed by atoms with Crippen LogP contribution in [0, 0.1) is 24.7 Å². The lowest BCUT2D eigenvalue weighted by Gasteiger charge is -1.99. The van der Waals surface area contributed by atoms with Gasteiger partial charge >= 0.3 is 0 Å². The fourth-order valence-electron chi connectivity index (χ4n) is 0.829. The van der Waals surface area contributed by atoms with Crippen molar-refractivity contribution < 1.29 is 0 Å². The molecule has 0 N–H and O–H groups in total. The lowest BCUT2D eigenvalue weighted by Crippen LogP contribution is -1.88. The quantitative estimate of drug-likeness (QED) is 0.524. The number of hydrogen-bond acceptors (Lipinski definition) is 0. The van der Waals surface area contributed by atoms with Gasteiger partial charge in [-0.05, 0) is 13.3 Å². The predicted molar refractivity (Wildman–Crippen MR) is 46.4 cm³/mol. The van der Waals surface area contributed by atoms with Crippen LogP contribution in [0.25, 0.3) is 0 Å². The van der Waals surface area contributed by atoms with Crippen molar-refractivity contribution in [3.05, 3.63) is 6.92 Å². The molecule has 0 fully saturated rings. The van der Waals surface area contributed by atoms with Gasteiger partial charge in [0.1, 0.15) is 0 Å². The summed E-state index contributed by atoms with van der Waals surface area (Å²) in [6, 6.07) is 0. The van der Waals surface area contributed by atoms with Crippen LogP contribution in [0.1, 0.15) is 39.5 Å². The topological polar surface area (TPSA) is 0 Å². The zero-order chi connectivity index (χ0) is 7.82. The fraction of sp³-hybridized carbons (Fsp3) is 0.700. The predicted octanol–water partition coefficient (Wildman–Crippen LogP) is 3.04. The van der Waals surface area contributed by atoms with Gasteiger partial charge in [-0.2, -0.15) is 0 Å². The highest BCUT2D eigenvalue weighted by Gasteiger charge is 1.93. The molecule has 0 saturated heterocycles. The van der Waals surface area contributed by atoms with Gasteiger partial charge in [-0.15, -0.1) is 11.8 Å². The average molecular weight is 137 g/mol. The summed E-state index contributed by atoms with van der Waals surface area (Å²) in [5, 5.41) is 0. The van der Waals surface area contributed by atoms with E-state index in [4.69, 9.17) is 0 Å². The van der Waals surface area contributed by atoms with Crippen molar-refractivity contribution in [1.82, 2.24) is 0 Å². The summed E-state index contributed by atoms with van der Waals surface area (Å²) in [6.07, 6.45) is 4.56. The van der Waals surface area contributed by atoms with Crippen molar-refractivity contribution in [2.24, 2.45) is 5.92 Å². The second kappa shape index (κ2) is 6.68. The molecule has 0 aliphatic heterocycles. The van der Waals surface area contributed by atoms with E-state index in [1.165, 1.54) is 19.3 Å². The molecule has 0 nitrogen and oxygen atoms in total. The molecule has 0 aromatic carbocycles. The number of rotatable bonds is 3.